The van der Waals surface area contributed by atoms with Gasteiger partial charge in [0.2, 0.25) is 11.8 Å². The number of hydrogen-bond acceptors (Lipinski definition) is 6. The van der Waals surface area contributed by atoms with Crippen LogP contribution in [0, 0.1) is 0 Å². The van der Waals surface area contributed by atoms with Gasteiger partial charge in [-0.1, -0.05) is 0 Å². The van der Waals surface area contributed by atoms with E-state index in [9.17, 15) is 0 Å². The predicted octanol–water partition coefficient (Wildman–Crippen LogP) is 1.60. The van der Waals surface area contributed by atoms with E-state index in [1.807, 2.05) is 0 Å². The number of nitrogens with two attached hydrogens (primary N) is 1. The molecule has 6 nitrogen and oxygen atoms in total. The molecule has 0 unspecified atom stereocenters. The van der Waals surface area contributed by atoms with Crippen molar-refractivity contribution in [1.29, 1.82) is 0 Å². The van der Waals surface area contributed by atoms with Crippen molar-refractivity contribution in [3.05, 3.63) is 6.07 Å². The summed E-state index contributed by atoms with van der Waals surface area (Å²) in [6, 6.07) is 2.34. The fourth-order valence-electron chi connectivity index (χ4n) is 1.60. The van der Waals surface area contributed by atoms with Crippen LogP contribution in [0.5, 0.6) is 5.88 Å². The maximum atomic E-state index is 5.59. The van der Waals surface area contributed by atoms with E-state index >= 15 is 0 Å². The van der Waals surface area contributed by atoms with Crippen LogP contribution in [0.3, 0.4) is 0 Å². The second kappa shape index (κ2) is 7.78. The minimum Gasteiger partial charge on any atom is -0.481 e. The molecule has 0 aliphatic rings. The lowest BCUT2D eigenvalue weighted by molar-refractivity contribution is 0.269. The van der Waals surface area contributed by atoms with Crippen molar-refractivity contribution in [3.8, 4) is 5.88 Å². The van der Waals surface area contributed by atoms with Gasteiger partial charge >= 0.3 is 0 Å². The van der Waals surface area contributed by atoms with Crippen LogP contribution in [0.4, 0.5) is 11.8 Å². The van der Waals surface area contributed by atoms with Gasteiger partial charge in [-0.2, -0.15) is 9.97 Å². The van der Waals surface area contributed by atoms with E-state index in [1.165, 1.54) is 0 Å². The average molecular weight is 267 g/mol. The molecule has 0 fully saturated rings. The van der Waals surface area contributed by atoms with Crippen LogP contribution in [-0.2, 0) is 0 Å². The van der Waals surface area contributed by atoms with Gasteiger partial charge in [0.25, 0.3) is 0 Å². The third kappa shape index (κ3) is 5.74. The Morgan fingerprint density at radius 3 is 2.74 bits per heavy atom. The summed E-state index contributed by atoms with van der Waals surface area (Å²) in [6.45, 7) is 6.38. The molecule has 1 aromatic rings. The van der Waals surface area contributed by atoms with E-state index in [4.69, 9.17) is 10.5 Å². The molecule has 0 bridgehead atoms. The van der Waals surface area contributed by atoms with E-state index in [0.717, 1.165) is 25.9 Å². The highest BCUT2D eigenvalue weighted by Crippen LogP contribution is 2.13. The molecule has 0 amide bonds. The third-order valence-corrected chi connectivity index (χ3v) is 3.05. The molecular weight excluding hydrogens is 242 g/mol. The highest BCUT2D eigenvalue weighted by Gasteiger charge is 2.03. The zero-order valence-electron chi connectivity index (χ0n) is 12.3. The van der Waals surface area contributed by atoms with Crippen LogP contribution in [0.15, 0.2) is 6.07 Å². The van der Waals surface area contributed by atoms with Gasteiger partial charge in [-0.05, 0) is 40.3 Å². The van der Waals surface area contributed by atoms with Crippen molar-refractivity contribution < 1.29 is 4.74 Å². The van der Waals surface area contributed by atoms with Crippen LogP contribution in [0.1, 0.15) is 26.7 Å². The number of nitrogen functional groups attached to an aromatic ring is 1. The highest BCUT2D eigenvalue weighted by molar-refractivity contribution is 5.42. The van der Waals surface area contributed by atoms with Crippen LogP contribution in [0.25, 0.3) is 0 Å². The van der Waals surface area contributed by atoms with Crippen molar-refractivity contribution in [3.63, 3.8) is 0 Å². The smallest absolute Gasteiger partial charge is 0.225 e. The van der Waals surface area contributed by atoms with Gasteiger partial charge in [-0.15, -0.1) is 0 Å². The van der Waals surface area contributed by atoms with E-state index in [1.54, 1.807) is 13.2 Å². The topological polar surface area (TPSA) is 76.3 Å². The number of ether oxygens (including phenoxy) is 1. The van der Waals surface area contributed by atoms with E-state index in [-0.39, 0.29) is 5.95 Å². The van der Waals surface area contributed by atoms with Crippen molar-refractivity contribution in [2.45, 2.75) is 32.7 Å². The summed E-state index contributed by atoms with van der Waals surface area (Å²) in [7, 11) is 3.71. The molecule has 0 aromatic carbocycles. The third-order valence-electron chi connectivity index (χ3n) is 3.05. The first-order valence-corrected chi connectivity index (χ1v) is 6.65. The normalized spacial score (nSPS) is 11.1. The second-order valence-electron chi connectivity index (χ2n) is 4.86. The molecule has 19 heavy (non-hydrogen) atoms. The lowest BCUT2D eigenvalue weighted by Gasteiger charge is -2.20. The number of aromatic nitrogens is 2. The lowest BCUT2D eigenvalue weighted by Crippen LogP contribution is -2.27. The number of anilines is 2. The molecule has 1 rings (SSSR count). The Morgan fingerprint density at radius 1 is 1.37 bits per heavy atom. The summed E-state index contributed by atoms with van der Waals surface area (Å²) >= 11 is 0. The van der Waals surface area contributed by atoms with Crippen LogP contribution in [-0.4, -0.2) is 48.2 Å². The first kappa shape index (κ1) is 15.5. The monoisotopic (exact) mass is 267 g/mol. The Labute approximate surface area is 115 Å². The molecule has 0 atom stereocenters. The molecule has 6 heteroatoms. The van der Waals surface area contributed by atoms with Gasteiger partial charge in [-0.3, -0.25) is 0 Å². The van der Waals surface area contributed by atoms with Crippen molar-refractivity contribution in [2.75, 3.05) is 38.3 Å². The minimum absolute atomic E-state index is 0.224. The Morgan fingerprint density at radius 2 is 2.11 bits per heavy atom. The van der Waals surface area contributed by atoms with Gasteiger partial charge in [0.1, 0.15) is 5.82 Å². The standard InChI is InChI=1S/C13H25N5O/c1-10(2)18(3)8-6-5-7-15-11-9-12(19-4)17-13(14)16-11/h9-10H,5-8H2,1-4H3,(H3,14,15,16,17). The molecule has 0 spiro atoms. The Kier molecular flexibility index (Phi) is 6.35. The van der Waals surface area contributed by atoms with Gasteiger partial charge in [0.15, 0.2) is 0 Å². The zero-order chi connectivity index (χ0) is 14.3. The zero-order valence-corrected chi connectivity index (χ0v) is 12.3. The summed E-state index contributed by atoms with van der Waals surface area (Å²) in [5.74, 6) is 1.41. The Balaban J connectivity index is 2.28. The largest absolute Gasteiger partial charge is 0.481 e. The molecule has 0 saturated carbocycles. The fraction of sp³-hybridized carbons (Fsp3) is 0.692. The molecule has 108 valence electrons. The summed E-state index contributed by atoms with van der Waals surface area (Å²) in [5.41, 5.74) is 5.59. The molecule has 0 aliphatic carbocycles. The van der Waals surface area contributed by atoms with Gasteiger partial charge in [-0.25, -0.2) is 0 Å². The average Bonchev–Trinajstić information content (AvgIpc) is 2.37. The van der Waals surface area contributed by atoms with Crippen LogP contribution in [0.2, 0.25) is 0 Å². The van der Waals surface area contributed by atoms with Gasteiger partial charge in [0.05, 0.1) is 7.11 Å². The lowest BCUT2D eigenvalue weighted by atomic mass is 10.2. The molecule has 3 N–H and O–H groups in total. The van der Waals surface area contributed by atoms with Gasteiger partial charge in [0, 0.05) is 18.7 Å². The fourth-order valence-corrected chi connectivity index (χ4v) is 1.60. The molecule has 1 heterocycles. The Bertz CT molecular complexity index is 383. The summed E-state index contributed by atoms with van der Waals surface area (Å²) in [5, 5.41) is 3.23. The summed E-state index contributed by atoms with van der Waals surface area (Å²) in [6.07, 6.45) is 2.24. The number of nitrogens with zero attached hydrogens (tertiary/aromatic N) is 3. The van der Waals surface area contributed by atoms with E-state index in [0.29, 0.717) is 17.7 Å². The molecule has 1 aromatic heterocycles. The molecule has 0 radical (unpaired) electrons. The van der Waals surface area contributed by atoms with Crippen LogP contribution >= 0.6 is 0 Å². The summed E-state index contributed by atoms with van der Waals surface area (Å²) < 4.78 is 5.04. The minimum atomic E-state index is 0.224. The maximum Gasteiger partial charge on any atom is 0.225 e. The van der Waals surface area contributed by atoms with Crippen LogP contribution < -0.4 is 15.8 Å². The van der Waals surface area contributed by atoms with Crippen molar-refractivity contribution >= 4 is 11.8 Å². The van der Waals surface area contributed by atoms with Gasteiger partial charge < -0.3 is 20.7 Å². The number of unbranched alkanes of at least 4 members (excludes halogenated alkanes) is 1. The molecule has 0 aliphatic heterocycles. The van der Waals surface area contributed by atoms with Crippen molar-refractivity contribution in [2.24, 2.45) is 0 Å². The van der Waals surface area contributed by atoms with Crippen molar-refractivity contribution in [1.82, 2.24) is 14.9 Å². The quantitative estimate of drug-likeness (QED) is 0.697. The predicted molar refractivity (Wildman–Crippen MR) is 78.5 cm³/mol. The van der Waals surface area contributed by atoms with E-state index in [2.05, 4.69) is 41.1 Å². The number of nitrogens with one attached hydrogen (secondary N) is 1. The SMILES string of the molecule is COc1cc(NCCCCN(C)C(C)C)nc(N)n1. The first-order chi connectivity index (χ1) is 9.02. The number of methoxy groups -OCH3 is 1. The maximum absolute atomic E-state index is 5.59. The highest BCUT2D eigenvalue weighted by atomic mass is 16.5. The Hall–Kier alpha value is -1.56. The van der Waals surface area contributed by atoms with E-state index < -0.39 is 0 Å². The first-order valence-electron chi connectivity index (χ1n) is 6.65. The summed E-state index contributed by atoms with van der Waals surface area (Å²) in [4.78, 5) is 10.4. The molecule has 0 saturated heterocycles. The molecular formula is C13H25N5O. The number of hydrogen-bond donors (Lipinski definition) is 2. The second-order valence-corrected chi connectivity index (χ2v) is 4.86. The number of rotatable bonds is 8.